The largest absolute Gasteiger partial charge is 0.277 e. The first kappa shape index (κ1) is 13.3. The fourth-order valence-electron chi connectivity index (χ4n) is 2.58. The molecule has 0 aromatic carbocycles. The molecule has 0 aliphatic rings. The number of aryl methyl sites for hydroxylation is 1. The fraction of sp³-hybridized carbons (Fsp3) is 0.143. The highest BCUT2D eigenvalue weighted by atomic mass is 32.1. The van der Waals surface area contributed by atoms with Crippen LogP contribution in [0.25, 0.3) is 32.8 Å². The molecular formula is C14H11N9S. The van der Waals surface area contributed by atoms with E-state index in [2.05, 4.69) is 41.6 Å². The Kier molecular flexibility index (Phi) is 2.73. The second-order valence-corrected chi connectivity index (χ2v) is 6.58. The molecule has 0 spiro atoms. The van der Waals surface area contributed by atoms with E-state index < -0.39 is 0 Å². The van der Waals surface area contributed by atoms with E-state index in [4.69, 9.17) is 0 Å². The van der Waals surface area contributed by atoms with E-state index in [0.29, 0.717) is 17.8 Å². The van der Waals surface area contributed by atoms with Gasteiger partial charge >= 0.3 is 0 Å². The van der Waals surface area contributed by atoms with Gasteiger partial charge in [0.2, 0.25) is 5.65 Å². The lowest BCUT2D eigenvalue weighted by Gasteiger charge is -2.00. The average Bonchev–Trinajstić information content (AvgIpc) is 3.31. The van der Waals surface area contributed by atoms with E-state index in [-0.39, 0.29) is 0 Å². The molecule has 0 aliphatic heterocycles. The summed E-state index contributed by atoms with van der Waals surface area (Å²) in [5.74, 6) is 0. The number of hydrogen-bond donors (Lipinski definition) is 1. The number of aromatic nitrogens is 9. The van der Waals surface area contributed by atoms with Crippen molar-refractivity contribution in [1.29, 1.82) is 0 Å². The van der Waals surface area contributed by atoms with Crippen LogP contribution in [0.2, 0.25) is 0 Å². The molecule has 0 saturated carbocycles. The third kappa shape index (κ3) is 2.07. The summed E-state index contributed by atoms with van der Waals surface area (Å²) in [7, 11) is 1.87. The van der Waals surface area contributed by atoms with Crippen LogP contribution in [0, 0.1) is 0 Å². The first-order chi connectivity index (χ1) is 11.8. The van der Waals surface area contributed by atoms with Crippen molar-refractivity contribution >= 4 is 32.8 Å². The lowest BCUT2D eigenvalue weighted by Crippen LogP contribution is -2.02. The Hall–Kier alpha value is -3.14. The van der Waals surface area contributed by atoms with Crippen molar-refractivity contribution in [2.45, 2.75) is 6.54 Å². The van der Waals surface area contributed by atoms with Gasteiger partial charge in [-0.05, 0) is 6.07 Å². The molecule has 0 bridgehead atoms. The highest BCUT2D eigenvalue weighted by molar-refractivity contribution is 7.19. The van der Waals surface area contributed by atoms with Crippen LogP contribution in [-0.2, 0) is 13.6 Å². The van der Waals surface area contributed by atoms with Crippen LogP contribution in [0.5, 0.6) is 0 Å². The maximum atomic E-state index is 4.66. The molecule has 5 rings (SSSR count). The van der Waals surface area contributed by atoms with Gasteiger partial charge in [0.15, 0.2) is 5.65 Å². The number of hydrogen-bond acceptors (Lipinski definition) is 7. The SMILES string of the molecule is Cn1cc(-c2cnc3nnn(Cc4cc5[nH]ncc5s4)c3n2)cn1. The molecule has 0 amide bonds. The van der Waals surface area contributed by atoms with Crippen molar-refractivity contribution in [2.24, 2.45) is 7.05 Å². The van der Waals surface area contributed by atoms with E-state index in [1.165, 1.54) is 0 Å². The highest BCUT2D eigenvalue weighted by Gasteiger charge is 2.12. The van der Waals surface area contributed by atoms with Gasteiger partial charge in [-0.15, -0.1) is 16.4 Å². The van der Waals surface area contributed by atoms with Crippen LogP contribution < -0.4 is 0 Å². The molecule has 5 aromatic heterocycles. The number of nitrogens with zero attached hydrogens (tertiary/aromatic N) is 8. The summed E-state index contributed by atoms with van der Waals surface area (Å²) in [6.07, 6.45) is 7.18. The van der Waals surface area contributed by atoms with Crippen molar-refractivity contribution in [3.8, 4) is 11.3 Å². The molecule has 5 heterocycles. The van der Waals surface area contributed by atoms with Gasteiger partial charge in [-0.2, -0.15) is 10.2 Å². The van der Waals surface area contributed by atoms with Crippen LogP contribution in [0.4, 0.5) is 0 Å². The predicted molar refractivity (Wildman–Crippen MR) is 88.4 cm³/mol. The second-order valence-electron chi connectivity index (χ2n) is 5.41. The summed E-state index contributed by atoms with van der Waals surface area (Å²) in [6.45, 7) is 0.592. The third-order valence-electron chi connectivity index (χ3n) is 3.71. The molecule has 118 valence electrons. The second kappa shape index (κ2) is 4.93. The summed E-state index contributed by atoms with van der Waals surface area (Å²) in [5, 5.41) is 19.4. The first-order valence-corrected chi connectivity index (χ1v) is 8.05. The number of thiophene rings is 1. The van der Waals surface area contributed by atoms with E-state index in [1.54, 1.807) is 33.1 Å². The molecule has 0 fully saturated rings. The smallest absolute Gasteiger partial charge is 0.221 e. The molecular weight excluding hydrogens is 326 g/mol. The molecule has 0 atom stereocenters. The molecule has 0 unspecified atom stereocenters. The van der Waals surface area contributed by atoms with Crippen LogP contribution in [0.1, 0.15) is 4.88 Å². The molecule has 0 saturated heterocycles. The van der Waals surface area contributed by atoms with Crippen LogP contribution in [0.3, 0.4) is 0 Å². The first-order valence-electron chi connectivity index (χ1n) is 7.23. The van der Waals surface area contributed by atoms with Gasteiger partial charge in [-0.3, -0.25) is 9.78 Å². The van der Waals surface area contributed by atoms with Crippen LogP contribution in [0.15, 0.2) is 30.9 Å². The summed E-state index contributed by atoms with van der Waals surface area (Å²) in [4.78, 5) is 10.2. The van der Waals surface area contributed by atoms with Crippen LogP contribution >= 0.6 is 11.3 Å². The fourth-order valence-corrected chi connectivity index (χ4v) is 3.55. The minimum Gasteiger partial charge on any atom is -0.277 e. The number of aromatic amines is 1. The number of H-pyrrole nitrogens is 1. The summed E-state index contributed by atoms with van der Waals surface area (Å²) in [6, 6.07) is 2.07. The highest BCUT2D eigenvalue weighted by Crippen LogP contribution is 2.25. The molecule has 5 aromatic rings. The van der Waals surface area contributed by atoms with Crippen molar-refractivity contribution in [3.05, 3.63) is 35.7 Å². The van der Waals surface area contributed by atoms with Crippen molar-refractivity contribution in [3.63, 3.8) is 0 Å². The Morgan fingerprint density at radius 1 is 1.25 bits per heavy atom. The van der Waals surface area contributed by atoms with E-state index in [0.717, 1.165) is 26.4 Å². The van der Waals surface area contributed by atoms with Gasteiger partial charge in [0.05, 0.1) is 41.0 Å². The monoisotopic (exact) mass is 337 g/mol. The Labute approximate surface area is 139 Å². The van der Waals surface area contributed by atoms with E-state index in [9.17, 15) is 0 Å². The summed E-state index contributed by atoms with van der Waals surface area (Å²) in [5.41, 5.74) is 3.89. The van der Waals surface area contributed by atoms with E-state index in [1.807, 2.05) is 19.4 Å². The van der Waals surface area contributed by atoms with Gasteiger partial charge < -0.3 is 0 Å². The molecule has 24 heavy (non-hydrogen) atoms. The maximum absolute atomic E-state index is 4.66. The maximum Gasteiger partial charge on any atom is 0.221 e. The molecule has 0 aliphatic carbocycles. The number of fused-ring (bicyclic) bond motifs is 2. The Morgan fingerprint density at radius 2 is 2.21 bits per heavy atom. The molecule has 10 heteroatoms. The van der Waals surface area contributed by atoms with Gasteiger partial charge in [0.1, 0.15) is 0 Å². The standard InChI is InChI=1S/C14H11N9S/c1-22-6-8(3-17-22)11-4-15-13-14(18-11)23(21-20-13)7-9-2-10-12(24-9)5-16-19-10/h2-6H,7H2,1H3,(H,16,19). The van der Waals surface area contributed by atoms with Crippen molar-refractivity contribution < 1.29 is 0 Å². The zero-order valence-corrected chi connectivity index (χ0v) is 13.4. The Balaban J connectivity index is 1.56. The van der Waals surface area contributed by atoms with Gasteiger partial charge in [0, 0.05) is 23.7 Å². The topological polar surface area (TPSA) is 103 Å². The van der Waals surface area contributed by atoms with Crippen molar-refractivity contribution in [2.75, 3.05) is 0 Å². The van der Waals surface area contributed by atoms with Crippen LogP contribution in [-0.4, -0.2) is 44.9 Å². The van der Waals surface area contributed by atoms with E-state index >= 15 is 0 Å². The molecule has 1 N–H and O–H groups in total. The number of rotatable bonds is 3. The zero-order chi connectivity index (χ0) is 16.1. The lowest BCUT2D eigenvalue weighted by molar-refractivity contribution is 0.671. The summed E-state index contributed by atoms with van der Waals surface area (Å²) >= 11 is 1.67. The van der Waals surface area contributed by atoms with Gasteiger partial charge in [-0.1, -0.05) is 5.21 Å². The summed E-state index contributed by atoms with van der Waals surface area (Å²) < 4.78 is 4.62. The zero-order valence-electron chi connectivity index (χ0n) is 12.6. The van der Waals surface area contributed by atoms with Gasteiger partial charge in [-0.25, -0.2) is 14.6 Å². The molecule has 9 nitrogen and oxygen atoms in total. The normalized spacial score (nSPS) is 11.7. The quantitative estimate of drug-likeness (QED) is 0.536. The van der Waals surface area contributed by atoms with Crippen molar-refractivity contribution in [1.82, 2.24) is 44.9 Å². The van der Waals surface area contributed by atoms with Gasteiger partial charge in [0.25, 0.3) is 0 Å². The predicted octanol–water partition coefficient (Wildman–Crippen LogP) is 1.61. The number of nitrogens with one attached hydrogen (secondary N) is 1. The minimum atomic E-state index is 0.534. The third-order valence-corrected chi connectivity index (χ3v) is 4.77. The average molecular weight is 337 g/mol. The Morgan fingerprint density at radius 3 is 3.04 bits per heavy atom. The molecule has 0 radical (unpaired) electrons. The Bertz CT molecular complexity index is 1130. The lowest BCUT2D eigenvalue weighted by atomic mass is 10.3. The minimum absolute atomic E-state index is 0.534.